The Hall–Kier alpha value is -1.72. The van der Waals surface area contributed by atoms with Crippen LogP contribution in [0.15, 0.2) is 74.5 Å². The molecule has 0 aliphatic rings. The lowest BCUT2D eigenvalue weighted by atomic mass is 10.2. The van der Waals surface area contributed by atoms with Crippen molar-refractivity contribution in [2.75, 3.05) is 6.26 Å². The second-order valence-corrected chi connectivity index (χ2v) is 7.88. The molecule has 2 aromatic carbocycles. The third kappa shape index (κ3) is 2.99. The van der Waals surface area contributed by atoms with E-state index < -0.39 is 9.73 Å². The van der Waals surface area contributed by atoms with Gasteiger partial charge in [-0.1, -0.05) is 40.2 Å². The van der Waals surface area contributed by atoms with E-state index in [1.165, 1.54) is 0 Å². The molecule has 3 rings (SSSR count). The molecule has 1 unspecified atom stereocenters. The molecule has 3 nitrogen and oxygen atoms in total. The summed E-state index contributed by atoms with van der Waals surface area (Å²) in [6.45, 7) is 0. The van der Waals surface area contributed by atoms with E-state index in [9.17, 15) is 4.21 Å². The van der Waals surface area contributed by atoms with Crippen molar-refractivity contribution < 1.29 is 4.21 Å². The quantitative estimate of drug-likeness (QED) is 0.659. The van der Waals surface area contributed by atoms with Gasteiger partial charge in [0.15, 0.2) is 5.82 Å². The number of hydrogen-bond acceptors (Lipinski definition) is 3. The van der Waals surface area contributed by atoms with Crippen LogP contribution in [0.1, 0.15) is 0 Å². The lowest BCUT2D eigenvalue weighted by Crippen LogP contribution is -1.97. The summed E-state index contributed by atoms with van der Waals surface area (Å²) in [4.78, 5) is 4.97. The van der Waals surface area contributed by atoms with Crippen LogP contribution in [0, 0.1) is 0 Å². The van der Waals surface area contributed by atoms with E-state index in [2.05, 4.69) is 25.3 Å². The normalized spacial score (nSPS) is 13.8. The van der Waals surface area contributed by atoms with Crippen LogP contribution < -0.4 is 0 Å². The lowest BCUT2D eigenvalue weighted by Gasteiger charge is -2.06. The van der Waals surface area contributed by atoms with E-state index in [-0.39, 0.29) is 0 Å². The van der Waals surface area contributed by atoms with E-state index in [1.807, 2.05) is 54.6 Å². The zero-order valence-electron chi connectivity index (χ0n) is 11.4. The SMILES string of the molecule is CS(=O)(=Nc1nccc2ccccc12)c1ccc(Br)cc1. The molecule has 0 spiro atoms. The van der Waals surface area contributed by atoms with Crippen molar-refractivity contribution >= 4 is 42.2 Å². The van der Waals surface area contributed by atoms with Gasteiger partial charge in [-0.15, -0.1) is 0 Å². The molecular formula is C16H13BrN2OS. The smallest absolute Gasteiger partial charge is 0.169 e. The van der Waals surface area contributed by atoms with Crippen molar-refractivity contribution in [3.05, 3.63) is 65.3 Å². The molecule has 0 amide bonds. The zero-order chi connectivity index (χ0) is 14.9. The summed E-state index contributed by atoms with van der Waals surface area (Å²) in [6.07, 6.45) is 3.33. The number of fused-ring (bicyclic) bond motifs is 1. The first-order valence-electron chi connectivity index (χ1n) is 6.38. The van der Waals surface area contributed by atoms with E-state index >= 15 is 0 Å². The number of nitrogens with zero attached hydrogens (tertiary/aromatic N) is 2. The monoisotopic (exact) mass is 360 g/mol. The Morgan fingerprint density at radius 1 is 1.05 bits per heavy atom. The fourth-order valence-electron chi connectivity index (χ4n) is 2.08. The topological polar surface area (TPSA) is 42.3 Å². The van der Waals surface area contributed by atoms with Gasteiger partial charge < -0.3 is 0 Å². The van der Waals surface area contributed by atoms with Gasteiger partial charge in [0.05, 0.1) is 9.73 Å². The maximum Gasteiger partial charge on any atom is 0.169 e. The highest BCUT2D eigenvalue weighted by Gasteiger charge is 2.08. The second kappa shape index (κ2) is 5.58. The molecule has 0 saturated heterocycles. The maximum absolute atomic E-state index is 12.9. The number of benzene rings is 2. The van der Waals surface area contributed by atoms with E-state index in [0.29, 0.717) is 10.7 Å². The van der Waals surface area contributed by atoms with E-state index in [0.717, 1.165) is 15.2 Å². The first-order valence-corrected chi connectivity index (χ1v) is 9.09. The Morgan fingerprint density at radius 3 is 2.52 bits per heavy atom. The first kappa shape index (κ1) is 14.2. The van der Waals surface area contributed by atoms with Crippen LogP contribution in [0.5, 0.6) is 0 Å². The van der Waals surface area contributed by atoms with Gasteiger partial charge in [-0.3, -0.25) is 0 Å². The van der Waals surface area contributed by atoms with Crippen LogP contribution >= 0.6 is 15.9 Å². The summed E-state index contributed by atoms with van der Waals surface area (Å²) in [7, 11) is -2.53. The fourth-order valence-corrected chi connectivity index (χ4v) is 3.57. The summed E-state index contributed by atoms with van der Waals surface area (Å²) >= 11 is 3.38. The Morgan fingerprint density at radius 2 is 1.76 bits per heavy atom. The van der Waals surface area contributed by atoms with Crippen molar-refractivity contribution in [2.24, 2.45) is 4.36 Å². The predicted molar refractivity (Wildman–Crippen MR) is 90.3 cm³/mol. The molecule has 0 radical (unpaired) electrons. The molecule has 5 heteroatoms. The minimum Gasteiger partial charge on any atom is -0.245 e. The molecule has 1 aromatic heterocycles. The molecule has 0 aliphatic carbocycles. The highest BCUT2D eigenvalue weighted by atomic mass is 79.9. The molecule has 0 saturated carbocycles. The van der Waals surface area contributed by atoms with Crippen LogP contribution in [0.4, 0.5) is 5.82 Å². The minimum atomic E-state index is -2.53. The van der Waals surface area contributed by atoms with Crippen LogP contribution in [-0.4, -0.2) is 15.4 Å². The Labute approximate surface area is 132 Å². The number of pyridine rings is 1. The molecular weight excluding hydrogens is 348 g/mol. The Kier molecular flexibility index (Phi) is 3.78. The van der Waals surface area contributed by atoms with Gasteiger partial charge in [-0.2, -0.15) is 4.36 Å². The van der Waals surface area contributed by atoms with Gasteiger partial charge in [0.2, 0.25) is 0 Å². The highest BCUT2D eigenvalue weighted by molar-refractivity contribution is 9.10. The lowest BCUT2D eigenvalue weighted by molar-refractivity contribution is 0.680. The maximum atomic E-state index is 12.9. The van der Waals surface area contributed by atoms with Crippen LogP contribution in [0.3, 0.4) is 0 Å². The highest BCUT2D eigenvalue weighted by Crippen LogP contribution is 2.26. The van der Waals surface area contributed by atoms with Gasteiger partial charge in [0.25, 0.3) is 0 Å². The van der Waals surface area contributed by atoms with Gasteiger partial charge >= 0.3 is 0 Å². The third-order valence-corrected chi connectivity index (χ3v) is 5.36. The van der Waals surface area contributed by atoms with Gasteiger partial charge in [-0.25, -0.2) is 9.19 Å². The molecule has 0 aliphatic heterocycles. The molecule has 1 atom stereocenters. The fraction of sp³-hybridized carbons (Fsp3) is 0.0625. The average Bonchev–Trinajstić information content (AvgIpc) is 2.48. The molecule has 0 bridgehead atoms. The Balaban J connectivity index is 2.19. The van der Waals surface area contributed by atoms with Gasteiger partial charge in [0, 0.05) is 27.2 Å². The standard InChI is InChI=1S/C16H13BrN2OS/c1-21(20,14-8-6-13(17)7-9-14)19-16-15-5-3-2-4-12(15)10-11-18-16/h2-11H,1H3. The van der Waals surface area contributed by atoms with Crippen molar-refractivity contribution in [3.63, 3.8) is 0 Å². The summed E-state index contributed by atoms with van der Waals surface area (Å²) in [5.41, 5.74) is 0. The average molecular weight is 361 g/mol. The number of hydrogen-bond donors (Lipinski definition) is 0. The number of halogens is 1. The van der Waals surface area contributed by atoms with Crippen LogP contribution in [0.25, 0.3) is 10.8 Å². The molecule has 21 heavy (non-hydrogen) atoms. The van der Waals surface area contributed by atoms with Gasteiger partial charge in [-0.05, 0) is 35.7 Å². The van der Waals surface area contributed by atoms with Crippen molar-refractivity contribution in [3.8, 4) is 0 Å². The van der Waals surface area contributed by atoms with Crippen molar-refractivity contribution in [1.29, 1.82) is 0 Å². The molecule has 3 aromatic rings. The molecule has 0 N–H and O–H groups in total. The second-order valence-electron chi connectivity index (χ2n) is 4.70. The summed E-state index contributed by atoms with van der Waals surface area (Å²) < 4.78 is 18.3. The molecule has 106 valence electrons. The Bertz CT molecular complexity index is 908. The summed E-state index contributed by atoms with van der Waals surface area (Å²) in [6, 6.07) is 17.1. The summed E-state index contributed by atoms with van der Waals surface area (Å²) in [5.74, 6) is 0.517. The minimum absolute atomic E-state index is 0.517. The first-order chi connectivity index (χ1) is 10.1. The third-order valence-electron chi connectivity index (χ3n) is 3.16. The number of aromatic nitrogens is 1. The van der Waals surface area contributed by atoms with Gasteiger partial charge in [0.1, 0.15) is 0 Å². The number of rotatable bonds is 2. The van der Waals surface area contributed by atoms with Crippen molar-refractivity contribution in [2.45, 2.75) is 4.90 Å². The van der Waals surface area contributed by atoms with E-state index in [1.54, 1.807) is 12.5 Å². The van der Waals surface area contributed by atoms with E-state index in [4.69, 9.17) is 0 Å². The van der Waals surface area contributed by atoms with Crippen LogP contribution in [-0.2, 0) is 9.73 Å². The largest absolute Gasteiger partial charge is 0.245 e. The zero-order valence-corrected chi connectivity index (χ0v) is 13.8. The van der Waals surface area contributed by atoms with Crippen molar-refractivity contribution in [1.82, 2.24) is 4.98 Å². The summed E-state index contributed by atoms with van der Waals surface area (Å²) in [5, 5.41) is 1.95. The van der Waals surface area contributed by atoms with Crippen LogP contribution in [0.2, 0.25) is 0 Å². The molecule has 0 fully saturated rings. The predicted octanol–water partition coefficient (Wildman–Crippen LogP) is 4.79. The molecule has 1 heterocycles.